The van der Waals surface area contributed by atoms with Crippen molar-refractivity contribution in [3.63, 3.8) is 0 Å². The predicted molar refractivity (Wildman–Crippen MR) is 87.9 cm³/mol. The fourth-order valence-electron chi connectivity index (χ4n) is 2.94. The van der Waals surface area contributed by atoms with Gasteiger partial charge in [-0.3, -0.25) is 9.59 Å². The molecule has 6 nitrogen and oxygen atoms in total. The summed E-state index contributed by atoms with van der Waals surface area (Å²) in [5.41, 5.74) is -0.555. The van der Waals surface area contributed by atoms with E-state index in [0.29, 0.717) is 30.7 Å². The van der Waals surface area contributed by atoms with Crippen molar-refractivity contribution >= 4 is 11.9 Å². The number of ether oxygens (including phenoxy) is 2. The molecule has 0 spiro atoms. The molecule has 1 unspecified atom stereocenters. The van der Waals surface area contributed by atoms with Gasteiger partial charge in [0.1, 0.15) is 17.8 Å². The predicted octanol–water partition coefficient (Wildman–Crippen LogP) is 1.65. The topological polar surface area (TPSA) is 76.1 Å². The van der Waals surface area contributed by atoms with Gasteiger partial charge in [-0.2, -0.15) is 0 Å². The van der Waals surface area contributed by atoms with Gasteiger partial charge in [0.15, 0.2) is 0 Å². The second kappa shape index (κ2) is 7.84. The molecule has 2 rings (SSSR count). The van der Waals surface area contributed by atoms with Crippen LogP contribution in [0.5, 0.6) is 5.75 Å². The third kappa shape index (κ3) is 3.87. The van der Waals surface area contributed by atoms with Crippen molar-refractivity contribution in [1.29, 1.82) is 0 Å². The Bertz CT molecular complexity index is 630. The minimum absolute atomic E-state index is 0.0883. The molecule has 1 fully saturated rings. The van der Waals surface area contributed by atoms with E-state index < -0.39 is 11.4 Å². The first-order valence-electron chi connectivity index (χ1n) is 7.70. The average molecular weight is 331 g/mol. The molecule has 6 heteroatoms. The van der Waals surface area contributed by atoms with Crippen molar-refractivity contribution in [1.82, 2.24) is 4.90 Å². The minimum atomic E-state index is -1.04. The maximum atomic E-state index is 12.7. The summed E-state index contributed by atoms with van der Waals surface area (Å²) >= 11 is 0. The smallest absolute Gasteiger partial charge is 0.313 e. The molecule has 0 bridgehead atoms. The number of benzene rings is 1. The van der Waals surface area contributed by atoms with Gasteiger partial charge in [0.2, 0.25) is 0 Å². The number of likely N-dealkylation sites (tertiary alicyclic amines) is 1. The molecule has 1 aromatic rings. The Kier molecular flexibility index (Phi) is 5.83. The highest BCUT2D eigenvalue weighted by molar-refractivity contribution is 5.95. The van der Waals surface area contributed by atoms with Crippen LogP contribution in [0.15, 0.2) is 24.3 Å². The summed E-state index contributed by atoms with van der Waals surface area (Å²) in [5.74, 6) is 1.83. The molecule has 0 saturated carbocycles. The van der Waals surface area contributed by atoms with Crippen LogP contribution in [-0.2, 0) is 9.53 Å². The molecule has 1 aliphatic heterocycles. The largest absolute Gasteiger partial charge is 0.481 e. The number of rotatable bonds is 6. The van der Waals surface area contributed by atoms with E-state index in [2.05, 4.69) is 5.92 Å². The monoisotopic (exact) mass is 331 g/mol. The van der Waals surface area contributed by atoms with Gasteiger partial charge in [-0.25, -0.2) is 0 Å². The second-order valence-electron chi connectivity index (χ2n) is 5.87. The van der Waals surface area contributed by atoms with E-state index in [4.69, 9.17) is 15.9 Å². The molecule has 24 heavy (non-hydrogen) atoms. The summed E-state index contributed by atoms with van der Waals surface area (Å²) in [4.78, 5) is 25.9. The molecule has 0 aliphatic carbocycles. The highest BCUT2D eigenvalue weighted by Gasteiger charge is 2.43. The molecular weight excluding hydrogens is 310 g/mol. The molecule has 128 valence electrons. The number of aliphatic carboxylic acids is 1. The highest BCUT2D eigenvalue weighted by Crippen LogP contribution is 2.31. The van der Waals surface area contributed by atoms with E-state index in [1.54, 1.807) is 29.2 Å². The fourth-order valence-corrected chi connectivity index (χ4v) is 2.94. The van der Waals surface area contributed by atoms with Crippen LogP contribution in [-0.4, -0.2) is 55.3 Å². The van der Waals surface area contributed by atoms with Gasteiger partial charge in [0.05, 0.1) is 6.61 Å². The maximum absolute atomic E-state index is 12.7. The number of amides is 1. The second-order valence-corrected chi connectivity index (χ2v) is 5.87. The lowest BCUT2D eigenvalue weighted by Crippen LogP contribution is -2.52. The van der Waals surface area contributed by atoms with E-state index >= 15 is 0 Å². The van der Waals surface area contributed by atoms with Crippen molar-refractivity contribution in [2.24, 2.45) is 5.41 Å². The van der Waals surface area contributed by atoms with Crippen LogP contribution >= 0.6 is 0 Å². The number of carboxylic acid groups (broad SMARTS) is 1. The van der Waals surface area contributed by atoms with Gasteiger partial charge in [0.25, 0.3) is 5.91 Å². The Morgan fingerprint density at radius 1 is 1.38 bits per heavy atom. The summed E-state index contributed by atoms with van der Waals surface area (Å²) in [6.07, 6.45) is 6.26. The minimum Gasteiger partial charge on any atom is -0.481 e. The lowest BCUT2D eigenvalue weighted by atomic mass is 9.80. The number of hydrogen-bond donors (Lipinski definition) is 1. The lowest BCUT2D eigenvalue weighted by molar-refractivity contribution is -0.155. The summed E-state index contributed by atoms with van der Waals surface area (Å²) < 4.78 is 10.4. The van der Waals surface area contributed by atoms with Crippen LogP contribution in [0.2, 0.25) is 0 Å². The quantitative estimate of drug-likeness (QED) is 0.802. The number of nitrogens with zero attached hydrogens (tertiary/aromatic N) is 1. The normalized spacial score (nSPS) is 20.2. The van der Waals surface area contributed by atoms with Crippen LogP contribution in [0, 0.1) is 17.8 Å². The van der Waals surface area contributed by atoms with Gasteiger partial charge in [-0.1, -0.05) is 5.92 Å². The third-order valence-electron chi connectivity index (χ3n) is 4.16. The van der Waals surface area contributed by atoms with Gasteiger partial charge < -0.3 is 19.5 Å². The molecule has 0 radical (unpaired) electrons. The first kappa shape index (κ1) is 17.8. The summed E-state index contributed by atoms with van der Waals surface area (Å²) in [6, 6.07) is 6.66. The average Bonchev–Trinajstić information content (AvgIpc) is 2.60. The zero-order chi connectivity index (χ0) is 17.6. The lowest BCUT2D eigenvalue weighted by Gasteiger charge is -2.39. The summed E-state index contributed by atoms with van der Waals surface area (Å²) in [5, 5.41) is 9.56. The zero-order valence-corrected chi connectivity index (χ0v) is 13.7. The van der Waals surface area contributed by atoms with E-state index in [9.17, 15) is 14.7 Å². The fraction of sp³-hybridized carbons (Fsp3) is 0.444. The van der Waals surface area contributed by atoms with E-state index in [1.807, 2.05) is 0 Å². The highest BCUT2D eigenvalue weighted by atomic mass is 16.5. The van der Waals surface area contributed by atoms with Crippen LogP contribution in [0.1, 0.15) is 23.2 Å². The molecule has 1 aromatic carbocycles. The maximum Gasteiger partial charge on any atom is 0.313 e. The molecule has 1 heterocycles. The van der Waals surface area contributed by atoms with Crippen molar-refractivity contribution < 1.29 is 24.2 Å². The number of methoxy groups -OCH3 is 1. The number of terminal acetylenes is 1. The van der Waals surface area contributed by atoms with Crippen LogP contribution in [0.3, 0.4) is 0 Å². The molecular formula is C18H21NO5. The molecule has 1 aliphatic rings. The zero-order valence-electron chi connectivity index (χ0n) is 13.7. The Labute approximate surface area is 141 Å². The number of carbonyl (C=O) groups excluding carboxylic acids is 1. The molecule has 0 aromatic heterocycles. The van der Waals surface area contributed by atoms with Crippen LogP contribution < -0.4 is 4.74 Å². The Morgan fingerprint density at radius 2 is 2.08 bits per heavy atom. The third-order valence-corrected chi connectivity index (χ3v) is 4.16. The molecule has 1 saturated heterocycles. The van der Waals surface area contributed by atoms with E-state index in [-0.39, 0.29) is 25.7 Å². The number of hydrogen-bond acceptors (Lipinski definition) is 4. The number of piperidine rings is 1. The summed E-state index contributed by atoms with van der Waals surface area (Å²) in [6.45, 7) is 0.930. The van der Waals surface area contributed by atoms with E-state index in [1.165, 1.54) is 7.11 Å². The van der Waals surface area contributed by atoms with Gasteiger partial charge in [0, 0.05) is 25.8 Å². The SMILES string of the molecule is C#CCOc1ccc(C(=O)N2CCCC(COC)(C(=O)O)C2)cc1. The standard InChI is InChI=1S/C18H21NO5/c1-3-11-24-15-7-5-14(6-8-15)16(20)19-10-4-9-18(12-19,13-23-2)17(21)22/h1,5-8H,4,9-13H2,2H3,(H,21,22). The Balaban J connectivity index is 2.11. The number of carbonyl (C=O) groups is 2. The van der Waals surface area contributed by atoms with Crippen LogP contribution in [0.4, 0.5) is 0 Å². The Hall–Kier alpha value is -2.52. The van der Waals surface area contributed by atoms with Gasteiger partial charge in [-0.15, -0.1) is 6.42 Å². The van der Waals surface area contributed by atoms with Gasteiger partial charge in [-0.05, 0) is 37.1 Å². The Morgan fingerprint density at radius 3 is 2.67 bits per heavy atom. The van der Waals surface area contributed by atoms with Gasteiger partial charge >= 0.3 is 5.97 Å². The van der Waals surface area contributed by atoms with Crippen molar-refractivity contribution in [2.45, 2.75) is 12.8 Å². The number of carboxylic acids is 1. The van der Waals surface area contributed by atoms with E-state index in [0.717, 1.165) is 0 Å². The summed E-state index contributed by atoms with van der Waals surface area (Å²) in [7, 11) is 1.47. The first-order chi connectivity index (χ1) is 11.5. The molecule has 1 amide bonds. The molecule has 1 atom stereocenters. The van der Waals surface area contributed by atoms with Crippen molar-refractivity contribution in [3.8, 4) is 18.1 Å². The first-order valence-corrected chi connectivity index (χ1v) is 7.70. The van der Waals surface area contributed by atoms with Crippen molar-refractivity contribution in [3.05, 3.63) is 29.8 Å². The van der Waals surface area contributed by atoms with Crippen LogP contribution in [0.25, 0.3) is 0 Å². The van der Waals surface area contributed by atoms with Crippen molar-refractivity contribution in [2.75, 3.05) is 33.4 Å². The molecule has 1 N–H and O–H groups in total.